The number of aromatic nitrogens is 5. The number of aliphatic hydroxyl groups excluding tert-OH is 3. The van der Waals surface area contributed by atoms with E-state index in [1.54, 1.807) is 10.6 Å². The first-order valence-corrected chi connectivity index (χ1v) is 13.9. The highest BCUT2D eigenvalue weighted by atomic mass is 16.6. The number of fused-ring (bicyclic) bond motifs is 1. The van der Waals surface area contributed by atoms with Crippen LogP contribution in [0.25, 0.3) is 11.2 Å². The molecule has 0 aromatic carbocycles. The highest BCUT2D eigenvalue weighted by molar-refractivity contribution is 5.84. The van der Waals surface area contributed by atoms with E-state index in [4.69, 9.17) is 19.2 Å². The molecule has 3 aromatic heterocycles. The number of aliphatic hydroxyl groups is 3. The summed E-state index contributed by atoms with van der Waals surface area (Å²) < 4.78 is 13.1. The van der Waals surface area contributed by atoms with Crippen molar-refractivity contribution < 1.29 is 24.6 Å². The van der Waals surface area contributed by atoms with Gasteiger partial charge in [-0.25, -0.2) is 4.98 Å². The Bertz CT molecular complexity index is 1240. The molecule has 2 unspecified atom stereocenters. The highest BCUT2D eigenvalue weighted by Crippen LogP contribution is 2.40. The second-order valence-corrected chi connectivity index (χ2v) is 10.8. The molecule has 2 fully saturated rings. The van der Waals surface area contributed by atoms with Crippen molar-refractivity contribution in [3.63, 3.8) is 0 Å². The van der Waals surface area contributed by atoms with Crippen molar-refractivity contribution >= 4 is 22.9 Å². The molecule has 13 heteroatoms. The minimum absolute atomic E-state index is 0.00412. The smallest absolute Gasteiger partial charge is 0.228 e. The van der Waals surface area contributed by atoms with Crippen LogP contribution in [0, 0.1) is 5.92 Å². The minimum Gasteiger partial charge on any atom is -0.394 e. The van der Waals surface area contributed by atoms with Gasteiger partial charge in [0.1, 0.15) is 18.3 Å². The van der Waals surface area contributed by atoms with Gasteiger partial charge in [0.2, 0.25) is 5.95 Å². The summed E-state index contributed by atoms with van der Waals surface area (Å²) in [5.74, 6) is 1.34. The molecule has 0 spiro atoms. The summed E-state index contributed by atoms with van der Waals surface area (Å²) in [5, 5.41) is 42.5. The Morgan fingerprint density at radius 1 is 1.08 bits per heavy atom. The van der Waals surface area contributed by atoms with E-state index in [0.29, 0.717) is 35.1 Å². The van der Waals surface area contributed by atoms with Crippen molar-refractivity contribution in [3.05, 3.63) is 23.8 Å². The third-order valence-electron chi connectivity index (χ3n) is 7.75. The number of piperidine rings is 1. The number of anilines is 2. The Morgan fingerprint density at radius 2 is 1.85 bits per heavy atom. The van der Waals surface area contributed by atoms with Gasteiger partial charge in [0.05, 0.1) is 30.8 Å². The molecule has 0 amide bonds. The van der Waals surface area contributed by atoms with Gasteiger partial charge in [-0.05, 0) is 32.1 Å². The molecular formula is C26H40N8O5. The van der Waals surface area contributed by atoms with Crippen LogP contribution in [0.3, 0.4) is 0 Å². The summed E-state index contributed by atoms with van der Waals surface area (Å²) in [6, 6.07) is 1.48. The number of nitrogens with one attached hydrogen (secondary N) is 2. The maximum Gasteiger partial charge on any atom is 0.228 e. The topological polar surface area (TPSA) is 167 Å². The molecule has 5 rings (SSSR count). The molecule has 3 aromatic rings. The second kappa shape index (κ2) is 11.7. The number of rotatable bonds is 10. The lowest BCUT2D eigenvalue weighted by atomic mass is 10.1. The van der Waals surface area contributed by atoms with Crippen LogP contribution in [-0.4, -0.2) is 89.0 Å². The second-order valence-electron chi connectivity index (χ2n) is 10.8. The van der Waals surface area contributed by atoms with Crippen molar-refractivity contribution in [2.75, 3.05) is 30.3 Å². The zero-order valence-electron chi connectivity index (χ0n) is 23.0. The molecular weight excluding hydrogens is 504 g/mol. The Balaban J connectivity index is 1.49. The Labute approximate surface area is 227 Å². The molecule has 0 radical (unpaired) electrons. The van der Waals surface area contributed by atoms with Crippen molar-refractivity contribution in [1.29, 1.82) is 0 Å². The zero-order chi connectivity index (χ0) is 27.7. The molecule has 2 aliphatic heterocycles. The Kier molecular flexibility index (Phi) is 8.33. The largest absolute Gasteiger partial charge is 0.394 e. The van der Waals surface area contributed by atoms with Gasteiger partial charge in [0, 0.05) is 19.2 Å². The van der Waals surface area contributed by atoms with Crippen molar-refractivity contribution in [1.82, 2.24) is 29.6 Å². The molecule has 2 aliphatic rings. The number of imidazole rings is 1. The van der Waals surface area contributed by atoms with Crippen LogP contribution in [0.5, 0.6) is 0 Å². The van der Waals surface area contributed by atoms with Crippen LogP contribution >= 0.6 is 0 Å². The molecule has 0 bridgehead atoms. The Morgan fingerprint density at radius 3 is 2.51 bits per heavy atom. The zero-order valence-corrected chi connectivity index (χ0v) is 23.0. The average molecular weight is 545 g/mol. The lowest BCUT2D eigenvalue weighted by Gasteiger charge is -2.32. The van der Waals surface area contributed by atoms with Crippen LogP contribution < -0.4 is 10.6 Å². The monoisotopic (exact) mass is 544 g/mol. The molecule has 39 heavy (non-hydrogen) atoms. The summed E-state index contributed by atoms with van der Waals surface area (Å²) in [6.07, 6.45) is 1.38. The van der Waals surface area contributed by atoms with Crippen LogP contribution in [0.1, 0.15) is 70.7 Å². The van der Waals surface area contributed by atoms with E-state index in [-0.39, 0.29) is 24.7 Å². The lowest BCUT2D eigenvalue weighted by Crippen LogP contribution is -2.42. The fraction of sp³-hybridized carbons (Fsp3) is 0.692. The first kappa shape index (κ1) is 27.7. The third-order valence-corrected chi connectivity index (χ3v) is 7.75. The molecule has 2 saturated heterocycles. The molecule has 0 saturated carbocycles. The van der Waals surface area contributed by atoms with E-state index >= 15 is 0 Å². The summed E-state index contributed by atoms with van der Waals surface area (Å²) in [4.78, 5) is 16.4. The van der Waals surface area contributed by atoms with Crippen LogP contribution in [-0.2, 0) is 11.2 Å². The van der Waals surface area contributed by atoms with E-state index in [1.807, 2.05) is 20.8 Å². The number of hydrogen-bond acceptors (Lipinski definition) is 12. The predicted molar refractivity (Wildman–Crippen MR) is 144 cm³/mol. The van der Waals surface area contributed by atoms with Crippen molar-refractivity contribution in [2.24, 2.45) is 5.92 Å². The first-order valence-electron chi connectivity index (χ1n) is 13.9. The van der Waals surface area contributed by atoms with Gasteiger partial charge in [-0.15, -0.1) is 0 Å². The molecule has 13 nitrogen and oxygen atoms in total. The van der Waals surface area contributed by atoms with Crippen molar-refractivity contribution in [2.45, 2.75) is 90.1 Å². The normalized spacial score (nSPS) is 25.8. The summed E-state index contributed by atoms with van der Waals surface area (Å²) in [5.41, 5.74) is 1.62. The molecule has 5 N–H and O–H groups in total. The van der Waals surface area contributed by atoms with E-state index in [9.17, 15) is 15.3 Å². The summed E-state index contributed by atoms with van der Waals surface area (Å²) >= 11 is 0. The van der Waals surface area contributed by atoms with Gasteiger partial charge < -0.3 is 35.2 Å². The number of hydrogen-bond donors (Lipinski definition) is 5. The maximum absolute atomic E-state index is 11.0. The van der Waals surface area contributed by atoms with E-state index in [0.717, 1.165) is 31.6 Å². The van der Waals surface area contributed by atoms with Gasteiger partial charge >= 0.3 is 0 Å². The summed E-state index contributed by atoms with van der Waals surface area (Å²) in [7, 11) is 0. The molecule has 0 aliphatic carbocycles. The average Bonchev–Trinajstić information content (AvgIpc) is 3.65. The molecule has 6 atom stereocenters. The molecule has 5 heterocycles. The van der Waals surface area contributed by atoms with Gasteiger partial charge in [0.25, 0.3) is 0 Å². The number of ether oxygens (including phenoxy) is 1. The molecule has 214 valence electrons. The van der Waals surface area contributed by atoms with Crippen molar-refractivity contribution in [3.8, 4) is 0 Å². The first-order chi connectivity index (χ1) is 18.8. The third kappa shape index (κ3) is 5.59. The highest BCUT2D eigenvalue weighted by Gasteiger charge is 2.47. The van der Waals surface area contributed by atoms with Gasteiger partial charge in [-0.3, -0.25) is 9.47 Å². The summed E-state index contributed by atoms with van der Waals surface area (Å²) in [6.45, 7) is 9.99. The quantitative estimate of drug-likeness (QED) is 0.252. The predicted octanol–water partition coefficient (Wildman–Crippen LogP) is 2.04. The van der Waals surface area contributed by atoms with E-state index < -0.39 is 24.5 Å². The van der Waals surface area contributed by atoms with Crippen LogP contribution in [0.2, 0.25) is 0 Å². The van der Waals surface area contributed by atoms with Gasteiger partial charge in [-0.1, -0.05) is 32.3 Å². The van der Waals surface area contributed by atoms with Crippen LogP contribution in [0.15, 0.2) is 16.9 Å². The van der Waals surface area contributed by atoms with Gasteiger partial charge in [0.15, 0.2) is 29.0 Å². The SMILES string of the molecule is CCc1cc([C@H]2O[C@@H](n3cnc4c(NC(CO)C(C)C)nc(NC(C)N5CCCCC5)nc43)[C@H](O)[C@@H]2O)on1. The fourth-order valence-electron chi connectivity index (χ4n) is 5.20. The standard InChI is InChI=1S/C26H40N8O5/c1-5-16-11-18(39-32-16)22-20(36)21(37)25(38-22)34-13-27-19-23(29-17(12-35)14(2)3)30-26(31-24(19)34)28-15(4)33-9-7-6-8-10-33/h11,13-15,17,20-22,25,35-37H,5-10,12H2,1-4H3,(H2,28,29,30,31)/t15?,17?,20-,21+,22+,25+/m0/s1. The fourth-order valence-corrected chi connectivity index (χ4v) is 5.20. The van der Waals surface area contributed by atoms with E-state index in [2.05, 4.69) is 32.6 Å². The lowest BCUT2D eigenvalue weighted by molar-refractivity contribution is -0.0434. The van der Waals surface area contributed by atoms with E-state index in [1.165, 1.54) is 12.7 Å². The maximum atomic E-state index is 11.0. The Hall–Kier alpha value is -2.84. The minimum atomic E-state index is -1.27. The number of aryl methyl sites for hydroxylation is 1. The van der Waals surface area contributed by atoms with Gasteiger partial charge in [-0.2, -0.15) is 9.97 Å². The number of likely N-dealkylation sites (tertiary alicyclic amines) is 1. The number of nitrogens with zero attached hydrogens (tertiary/aromatic N) is 6. The van der Waals surface area contributed by atoms with Crippen LogP contribution in [0.4, 0.5) is 11.8 Å².